The van der Waals surface area contributed by atoms with Crippen LogP contribution in [0.2, 0.25) is 0 Å². The summed E-state index contributed by atoms with van der Waals surface area (Å²) in [7, 11) is 0. The van der Waals surface area contributed by atoms with Crippen molar-refractivity contribution in [2.24, 2.45) is 23.1 Å². The van der Waals surface area contributed by atoms with E-state index in [4.69, 9.17) is 17.2 Å². The van der Waals surface area contributed by atoms with Crippen molar-refractivity contribution >= 4 is 17.7 Å². The Labute approximate surface area is 153 Å². The normalized spacial score (nSPS) is 28.0. The SMILES string of the molecule is CCCN(CC)C(=O)C(N)(C(C)=O)C1CC(O)(C(=O)O)CC1NC(N)N. The number of carbonyl (C=O) groups is 3. The fourth-order valence-electron chi connectivity index (χ4n) is 3.68. The van der Waals surface area contributed by atoms with Crippen LogP contribution in [0.25, 0.3) is 0 Å². The Morgan fingerprint density at radius 1 is 1.31 bits per heavy atom. The number of nitrogens with one attached hydrogen (secondary N) is 1. The lowest BCUT2D eigenvalue weighted by Crippen LogP contribution is -2.68. The van der Waals surface area contributed by atoms with Gasteiger partial charge in [0.2, 0.25) is 0 Å². The predicted octanol–water partition coefficient (Wildman–Crippen LogP) is -2.08. The molecule has 26 heavy (non-hydrogen) atoms. The third-order valence-corrected chi connectivity index (χ3v) is 5.09. The van der Waals surface area contributed by atoms with Gasteiger partial charge in [-0.3, -0.25) is 14.9 Å². The highest BCUT2D eigenvalue weighted by atomic mass is 16.4. The zero-order valence-corrected chi connectivity index (χ0v) is 15.6. The van der Waals surface area contributed by atoms with E-state index in [0.717, 1.165) is 0 Å². The first-order valence-electron chi connectivity index (χ1n) is 8.76. The number of likely N-dealkylation sites (N-methyl/N-ethyl adjacent to an activating group) is 1. The number of amides is 1. The molecule has 4 unspecified atom stereocenters. The summed E-state index contributed by atoms with van der Waals surface area (Å²) in [6.07, 6.45) is -0.981. The van der Waals surface area contributed by atoms with E-state index in [2.05, 4.69) is 5.32 Å². The molecule has 1 saturated carbocycles. The van der Waals surface area contributed by atoms with Gasteiger partial charge in [-0.05, 0) is 26.7 Å². The smallest absolute Gasteiger partial charge is 0.335 e. The number of carboxylic acids is 1. The molecular formula is C16H31N5O5. The van der Waals surface area contributed by atoms with Crippen molar-refractivity contribution in [3.63, 3.8) is 0 Å². The molecule has 1 rings (SSSR count). The van der Waals surface area contributed by atoms with Gasteiger partial charge in [-0.15, -0.1) is 0 Å². The van der Waals surface area contributed by atoms with Crippen molar-refractivity contribution in [1.82, 2.24) is 10.2 Å². The molecule has 0 aromatic carbocycles. The van der Waals surface area contributed by atoms with Crippen LogP contribution in [0.4, 0.5) is 0 Å². The Balaban J connectivity index is 3.36. The molecule has 0 aliphatic heterocycles. The number of ketones is 1. The first-order chi connectivity index (χ1) is 11.9. The number of aliphatic carboxylic acids is 1. The maximum Gasteiger partial charge on any atom is 0.335 e. The van der Waals surface area contributed by atoms with Crippen molar-refractivity contribution in [1.29, 1.82) is 0 Å². The summed E-state index contributed by atoms with van der Waals surface area (Å²) in [5, 5.41) is 22.5. The van der Waals surface area contributed by atoms with Crippen molar-refractivity contribution in [2.75, 3.05) is 13.1 Å². The van der Waals surface area contributed by atoms with Crippen molar-refractivity contribution in [3.05, 3.63) is 0 Å². The average Bonchev–Trinajstić information content (AvgIpc) is 2.88. The van der Waals surface area contributed by atoms with Crippen molar-refractivity contribution in [2.45, 2.75) is 63.5 Å². The molecule has 0 saturated heterocycles. The standard InChI is InChI=1S/C16H31N5O5/c1-4-6-21(5-2)12(23)16(19,9(3)22)10-7-15(26,13(24)25)8-11(10)20-14(17)18/h10-11,14,20,26H,4-8,17-19H2,1-3H3,(H,24,25). The van der Waals surface area contributed by atoms with E-state index in [-0.39, 0.29) is 12.8 Å². The lowest BCUT2D eigenvalue weighted by molar-refractivity contribution is -0.159. The zero-order chi connectivity index (χ0) is 20.3. The minimum atomic E-state index is -2.13. The maximum atomic E-state index is 13.1. The number of carbonyl (C=O) groups excluding carboxylic acids is 2. The number of Topliss-reactive ketones (excluding diaryl/α,β-unsaturated/α-hetero) is 1. The quantitative estimate of drug-likeness (QED) is 0.195. The van der Waals surface area contributed by atoms with Gasteiger partial charge in [-0.25, -0.2) is 4.79 Å². The van der Waals surface area contributed by atoms with Gasteiger partial charge in [-0.1, -0.05) is 6.92 Å². The molecule has 0 spiro atoms. The predicted molar refractivity (Wildman–Crippen MR) is 94.5 cm³/mol. The Morgan fingerprint density at radius 3 is 2.27 bits per heavy atom. The molecule has 1 amide bonds. The fraction of sp³-hybridized carbons (Fsp3) is 0.812. The Kier molecular flexibility index (Phi) is 7.25. The molecule has 4 atom stereocenters. The number of hydrogen-bond acceptors (Lipinski definition) is 8. The second kappa shape index (κ2) is 8.40. The Morgan fingerprint density at radius 2 is 1.88 bits per heavy atom. The molecule has 0 aromatic rings. The van der Waals surface area contributed by atoms with Crippen molar-refractivity contribution < 1.29 is 24.6 Å². The number of rotatable bonds is 9. The molecule has 0 heterocycles. The number of hydrogen-bond donors (Lipinski definition) is 6. The number of nitrogens with zero attached hydrogens (tertiary/aromatic N) is 1. The van der Waals surface area contributed by atoms with E-state index in [1.807, 2.05) is 6.92 Å². The van der Waals surface area contributed by atoms with Gasteiger partial charge in [0.15, 0.2) is 16.9 Å². The summed E-state index contributed by atoms with van der Waals surface area (Å²) in [5.74, 6) is -3.62. The van der Waals surface area contributed by atoms with Gasteiger partial charge in [-0.2, -0.15) is 0 Å². The summed E-state index contributed by atoms with van der Waals surface area (Å²) >= 11 is 0. The summed E-state index contributed by atoms with van der Waals surface area (Å²) < 4.78 is 0. The van der Waals surface area contributed by atoms with Crippen LogP contribution < -0.4 is 22.5 Å². The van der Waals surface area contributed by atoms with E-state index < -0.39 is 47.0 Å². The van der Waals surface area contributed by atoms with Crippen LogP contribution in [-0.4, -0.2) is 69.3 Å². The summed E-state index contributed by atoms with van der Waals surface area (Å²) in [6.45, 7) is 5.60. The Bertz CT molecular complexity index is 557. The molecule has 1 aliphatic rings. The number of carboxylic acid groups (broad SMARTS) is 1. The minimum absolute atomic E-state index is 0.267. The molecule has 0 bridgehead atoms. The second-order valence-electron chi connectivity index (χ2n) is 6.96. The highest BCUT2D eigenvalue weighted by Crippen LogP contribution is 2.41. The monoisotopic (exact) mass is 373 g/mol. The second-order valence-corrected chi connectivity index (χ2v) is 6.96. The molecule has 150 valence electrons. The van der Waals surface area contributed by atoms with Crippen LogP contribution in [0.3, 0.4) is 0 Å². The van der Waals surface area contributed by atoms with Crippen LogP contribution in [-0.2, 0) is 14.4 Å². The van der Waals surface area contributed by atoms with Gasteiger partial charge >= 0.3 is 5.97 Å². The van der Waals surface area contributed by atoms with Crippen molar-refractivity contribution in [3.8, 4) is 0 Å². The van der Waals surface area contributed by atoms with Crippen LogP contribution in [0.5, 0.6) is 0 Å². The van der Waals surface area contributed by atoms with E-state index in [1.165, 1.54) is 11.8 Å². The maximum absolute atomic E-state index is 13.1. The first-order valence-corrected chi connectivity index (χ1v) is 8.76. The average molecular weight is 373 g/mol. The molecule has 0 aromatic heterocycles. The van der Waals surface area contributed by atoms with Gasteiger partial charge in [0.05, 0.1) is 0 Å². The lowest BCUT2D eigenvalue weighted by atomic mass is 9.76. The van der Waals surface area contributed by atoms with Crippen LogP contribution in [0.1, 0.15) is 40.0 Å². The van der Waals surface area contributed by atoms with Gasteiger partial charge in [0.1, 0.15) is 6.29 Å². The molecule has 0 radical (unpaired) electrons. The molecule has 1 fully saturated rings. The molecule has 10 nitrogen and oxygen atoms in total. The Hall–Kier alpha value is -1.59. The van der Waals surface area contributed by atoms with Crippen LogP contribution in [0, 0.1) is 5.92 Å². The van der Waals surface area contributed by atoms with Crippen LogP contribution in [0.15, 0.2) is 0 Å². The topological polar surface area (TPSA) is 185 Å². The van der Waals surface area contributed by atoms with Gasteiger partial charge in [0.25, 0.3) is 5.91 Å². The highest BCUT2D eigenvalue weighted by molar-refractivity contribution is 6.10. The van der Waals surface area contributed by atoms with E-state index in [9.17, 15) is 24.6 Å². The third-order valence-electron chi connectivity index (χ3n) is 5.09. The van der Waals surface area contributed by atoms with Gasteiger partial charge in [0, 0.05) is 31.5 Å². The van der Waals surface area contributed by atoms with E-state index >= 15 is 0 Å². The fourth-order valence-corrected chi connectivity index (χ4v) is 3.68. The summed E-state index contributed by atoms with van der Waals surface area (Å²) in [4.78, 5) is 38.5. The third kappa shape index (κ3) is 4.21. The molecule has 1 aliphatic carbocycles. The van der Waals surface area contributed by atoms with Gasteiger partial charge < -0.3 is 32.3 Å². The number of aliphatic hydroxyl groups is 1. The largest absolute Gasteiger partial charge is 0.479 e. The molecular weight excluding hydrogens is 342 g/mol. The lowest BCUT2D eigenvalue weighted by Gasteiger charge is -2.39. The van der Waals surface area contributed by atoms with E-state index in [0.29, 0.717) is 19.5 Å². The zero-order valence-electron chi connectivity index (χ0n) is 15.6. The summed E-state index contributed by atoms with van der Waals surface area (Å²) in [6, 6.07) is -0.811. The highest BCUT2D eigenvalue weighted by Gasteiger charge is 2.60. The van der Waals surface area contributed by atoms with Crippen LogP contribution >= 0.6 is 0 Å². The minimum Gasteiger partial charge on any atom is -0.479 e. The molecule has 9 N–H and O–H groups in total. The van der Waals surface area contributed by atoms with E-state index in [1.54, 1.807) is 6.92 Å². The first kappa shape index (κ1) is 22.5. The number of nitrogens with two attached hydrogens (primary N) is 3. The molecule has 10 heteroatoms. The summed E-state index contributed by atoms with van der Waals surface area (Å²) in [5.41, 5.74) is 13.3.